The Hall–Kier alpha value is -1.18. The van der Waals surface area contributed by atoms with E-state index in [0.29, 0.717) is 25.6 Å². The van der Waals surface area contributed by atoms with Gasteiger partial charge in [-0.3, -0.25) is 0 Å². The number of anilines is 1. The monoisotopic (exact) mass is 299 g/mol. The number of pyridine rings is 1. The molecule has 6 nitrogen and oxygen atoms in total. The largest absolute Gasteiger partial charge is 0.395 e. The maximum Gasteiger partial charge on any atom is 0.211 e. The second-order valence-corrected chi connectivity index (χ2v) is 7.13. The summed E-state index contributed by atoms with van der Waals surface area (Å²) >= 11 is 0. The molecule has 1 aliphatic heterocycles. The van der Waals surface area contributed by atoms with Gasteiger partial charge in [-0.15, -0.1) is 0 Å². The van der Waals surface area contributed by atoms with Crippen molar-refractivity contribution in [1.29, 1.82) is 0 Å². The Labute approximate surface area is 119 Å². The second kappa shape index (κ2) is 6.51. The highest BCUT2D eigenvalue weighted by Gasteiger charge is 2.28. The molecular formula is C13H21N3O3S. The number of aromatic nitrogens is 1. The Morgan fingerprint density at radius 3 is 2.95 bits per heavy atom. The number of aliphatic hydroxyl groups is 1. The summed E-state index contributed by atoms with van der Waals surface area (Å²) in [4.78, 5) is 4.47. The minimum absolute atomic E-state index is 0.0673. The summed E-state index contributed by atoms with van der Waals surface area (Å²) in [5, 5.41) is 11.8. The van der Waals surface area contributed by atoms with E-state index in [9.17, 15) is 8.42 Å². The van der Waals surface area contributed by atoms with Crippen LogP contribution in [0.2, 0.25) is 0 Å². The highest BCUT2D eigenvalue weighted by atomic mass is 32.2. The lowest BCUT2D eigenvalue weighted by atomic mass is 10.0. The fourth-order valence-corrected chi connectivity index (χ4v) is 3.36. The summed E-state index contributed by atoms with van der Waals surface area (Å²) in [6.45, 7) is 1.72. The maximum absolute atomic E-state index is 11.5. The minimum atomic E-state index is -3.08. The molecule has 0 bridgehead atoms. The van der Waals surface area contributed by atoms with Crippen molar-refractivity contribution in [3.8, 4) is 0 Å². The van der Waals surface area contributed by atoms with Gasteiger partial charge in [0, 0.05) is 25.3 Å². The summed E-state index contributed by atoms with van der Waals surface area (Å²) in [6, 6.07) is 5.73. The Bertz CT molecular complexity index is 548. The van der Waals surface area contributed by atoms with Crippen molar-refractivity contribution < 1.29 is 13.5 Å². The molecule has 20 heavy (non-hydrogen) atoms. The van der Waals surface area contributed by atoms with Crippen molar-refractivity contribution in [3.05, 3.63) is 23.9 Å². The smallest absolute Gasteiger partial charge is 0.211 e. The van der Waals surface area contributed by atoms with Crippen molar-refractivity contribution in [1.82, 2.24) is 9.29 Å². The number of rotatable bonds is 6. The van der Waals surface area contributed by atoms with Gasteiger partial charge in [0.1, 0.15) is 5.82 Å². The lowest BCUT2D eigenvalue weighted by molar-refractivity contribution is 0.311. The van der Waals surface area contributed by atoms with Crippen molar-refractivity contribution in [2.45, 2.75) is 12.8 Å². The average molecular weight is 299 g/mol. The van der Waals surface area contributed by atoms with Crippen molar-refractivity contribution in [2.24, 2.45) is 5.92 Å². The van der Waals surface area contributed by atoms with Gasteiger partial charge in [0.15, 0.2) is 0 Å². The standard InChI is InChI=1S/C13H21N3O3S/c1-20(18,19)16-7-5-11(10-16)9-12-3-2-4-13(15-12)14-6-8-17/h2-4,11,17H,5-10H2,1H3,(H,14,15)/t11-/m0/s1. The van der Waals surface area contributed by atoms with Crippen LogP contribution in [0.3, 0.4) is 0 Å². The highest BCUT2D eigenvalue weighted by Crippen LogP contribution is 2.22. The van der Waals surface area contributed by atoms with Crippen molar-refractivity contribution >= 4 is 15.8 Å². The van der Waals surface area contributed by atoms with E-state index in [1.807, 2.05) is 18.2 Å². The molecule has 0 unspecified atom stereocenters. The van der Waals surface area contributed by atoms with E-state index in [4.69, 9.17) is 5.11 Å². The Morgan fingerprint density at radius 1 is 1.50 bits per heavy atom. The third kappa shape index (κ3) is 4.16. The van der Waals surface area contributed by atoms with Crippen LogP contribution in [0, 0.1) is 5.92 Å². The van der Waals surface area contributed by atoms with Gasteiger partial charge < -0.3 is 10.4 Å². The first-order chi connectivity index (χ1) is 9.49. The molecule has 2 N–H and O–H groups in total. The number of hydrogen-bond acceptors (Lipinski definition) is 5. The molecule has 1 aromatic heterocycles. The van der Waals surface area contributed by atoms with Gasteiger partial charge in [0.2, 0.25) is 10.0 Å². The fraction of sp³-hybridized carbons (Fsp3) is 0.615. The van der Waals surface area contributed by atoms with Crippen LogP contribution in [0.15, 0.2) is 18.2 Å². The predicted octanol–water partition coefficient (Wildman–Crippen LogP) is 0.310. The molecule has 0 amide bonds. The first-order valence-corrected chi connectivity index (χ1v) is 8.59. The van der Waals surface area contributed by atoms with E-state index in [0.717, 1.165) is 24.4 Å². The van der Waals surface area contributed by atoms with Crippen LogP contribution < -0.4 is 5.32 Å². The predicted molar refractivity (Wildman–Crippen MR) is 78.0 cm³/mol. The second-order valence-electron chi connectivity index (χ2n) is 5.14. The molecule has 0 aliphatic carbocycles. The van der Waals surface area contributed by atoms with Gasteiger partial charge in [-0.1, -0.05) is 6.07 Å². The third-order valence-corrected chi connectivity index (χ3v) is 4.71. The summed E-state index contributed by atoms with van der Waals surface area (Å²) in [6.07, 6.45) is 2.91. The maximum atomic E-state index is 11.5. The zero-order valence-corrected chi connectivity index (χ0v) is 12.4. The SMILES string of the molecule is CS(=O)(=O)N1CC[C@@H](Cc2cccc(NCCO)n2)C1. The van der Waals surface area contributed by atoms with Gasteiger partial charge in [-0.05, 0) is 30.9 Å². The van der Waals surface area contributed by atoms with Crippen LogP contribution in [-0.2, 0) is 16.4 Å². The zero-order chi connectivity index (χ0) is 14.6. The average Bonchev–Trinajstić information content (AvgIpc) is 2.85. The van der Waals surface area contributed by atoms with Gasteiger partial charge in [0.05, 0.1) is 12.9 Å². The lowest BCUT2D eigenvalue weighted by Crippen LogP contribution is -2.27. The van der Waals surface area contributed by atoms with Crippen LogP contribution in [0.1, 0.15) is 12.1 Å². The molecule has 7 heteroatoms. The first-order valence-electron chi connectivity index (χ1n) is 6.75. The highest BCUT2D eigenvalue weighted by molar-refractivity contribution is 7.88. The summed E-state index contributed by atoms with van der Waals surface area (Å²) in [7, 11) is -3.08. The van der Waals surface area contributed by atoms with Crippen LogP contribution in [0.25, 0.3) is 0 Å². The quantitative estimate of drug-likeness (QED) is 0.790. The molecule has 112 valence electrons. The molecule has 2 heterocycles. The van der Waals surface area contributed by atoms with E-state index in [1.165, 1.54) is 10.6 Å². The van der Waals surface area contributed by atoms with Crippen molar-refractivity contribution in [3.63, 3.8) is 0 Å². The molecule has 1 atom stereocenters. The molecule has 1 aromatic rings. The van der Waals surface area contributed by atoms with Gasteiger partial charge in [-0.25, -0.2) is 17.7 Å². The molecule has 0 aromatic carbocycles. The van der Waals surface area contributed by atoms with Gasteiger partial charge in [-0.2, -0.15) is 0 Å². The summed E-state index contributed by atoms with van der Waals surface area (Å²) in [5.41, 5.74) is 0.952. The molecular weight excluding hydrogens is 278 g/mol. The van der Waals surface area contributed by atoms with Crippen LogP contribution >= 0.6 is 0 Å². The number of sulfonamides is 1. The number of nitrogens with zero attached hydrogens (tertiary/aromatic N) is 2. The van der Waals surface area contributed by atoms with E-state index < -0.39 is 10.0 Å². The van der Waals surface area contributed by atoms with Crippen LogP contribution in [0.5, 0.6) is 0 Å². The normalized spacial score (nSPS) is 20.2. The van der Waals surface area contributed by atoms with E-state index in [1.54, 1.807) is 0 Å². The topological polar surface area (TPSA) is 82.5 Å². The van der Waals surface area contributed by atoms with E-state index >= 15 is 0 Å². The molecule has 1 saturated heterocycles. The van der Waals surface area contributed by atoms with Gasteiger partial charge >= 0.3 is 0 Å². The minimum Gasteiger partial charge on any atom is -0.395 e. The van der Waals surface area contributed by atoms with Crippen LogP contribution in [-0.4, -0.2) is 55.3 Å². The third-order valence-electron chi connectivity index (χ3n) is 3.44. The number of nitrogens with one attached hydrogen (secondary N) is 1. The Morgan fingerprint density at radius 2 is 2.30 bits per heavy atom. The van der Waals surface area contributed by atoms with Crippen LogP contribution in [0.4, 0.5) is 5.82 Å². The lowest BCUT2D eigenvalue weighted by Gasteiger charge is -2.13. The number of aliphatic hydroxyl groups excluding tert-OH is 1. The molecule has 0 saturated carbocycles. The summed E-state index contributed by atoms with van der Waals surface area (Å²) < 4.78 is 24.5. The molecule has 0 radical (unpaired) electrons. The summed E-state index contributed by atoms with van der Waals surface area (Å²) in [5.74, 6) is 1.07. The Balaban J connectivity index is 1.94. The molecule has 0 spiro atoms. The molecule has 1 aliphatic rings. The Kier molecular flexibility index (Phi) is 4.95. The molecule has 1 fully saturated rings. The fourth-order valence-electron chi connectivity index (χ4n) is 2.44. The van der Waals surface area contributed by atoms with Crippen molar-refractivity contribution in [2.75, 3.05) is 37.8 Å². The first kappa shape index (κ1) is 15.2. The molecule has 2 rings (SSSR count). The number of hydrogen-bond donors (Lipinski definition) is 2. The van der Waals surface area contributed by atoms with E-state index in [-0.39, 0.29) is 6.61 Å². The van der Waals surface area contributed by atoms with E-state index in [2.05, 4.69) is 10.3 Å². The van der Waals surface area contributed by atoms with Gasteiger partial charge in [0.25, 0.3) is 0 Å². The zero-order valence-electron chi connectivity index (χ0n) is 11.6.